The number of aromatic nitrogens is 1. The van der Waals surface area contributed by atoms with Gasteiger partial charge in [-0.15, -0.1) is 0 Å². The Labute approximate surface area is 76.9 Å². The van der Waals surface area contributed by atoms with E-state index in [1.54, 1.807) is 13.1 Å². The first-order chi connectivity index (χ1) is 6.11. The second-order valence-corrected chi connectivity index (χ2v) is 2.68. The lowest BCUT2D eigenvalue weighted by Crippen LogP contribution is -2.04. The normalized spacial score (nSPS) is 9.46. The van der Waals surface area contributed by atoms with Gasteiger partial charge in [0.05, 0.1) is 0 Å². The summed E-state index contributed by atoms with van der Waals surface area (Å²) in [5.74, 6) is -0.0306. The molecule has 0 amide bonds. The SMILES string of the molecule is CNc1cc(C)nc(OC(C)=O)c1. The smallest absolute Gasteiger partial charge is 0.309 e. The number of hydrogen-bond donors (Lipinski definition) is 1. The van der Waals surface area contributed by atoms with Gasteiger partial charge in [-0.05, 0) is 13.0 Å². The van der Waals surface area contributed by atoms with Gasteiger partial charge in [0.1, 0.15) is 0 Å². The molecule has 4 nitrogen and oxygen atoms in total. The van der Waals surface area contributed by atoms with Crippen LogP contribution in [0.3, 0.4) is 0 Å². The first-order valence-corrected chi connectivity index (χ1v) is 3.96. The maximum Gasteiger partial charge on any atom is 0.309 e. The van der Waals surface area contributed by atoms with Crippen LogP contribution in [0.15, 0.2) is 12.1 Å². The van der Waals surface area contributed by atoms with Crippen LogP contribution >= 0.6 is 0 Å². The van der Waals surface area contributed by atoms with Crippen LogP contribution in [0.4, 0.5) is 5.69 Å². The number of aryl methyl sites for hydroxylation is 1. The summed E-state index contributed by atoms with van der Waals surface area (Å²) < 4.78 is 4.85. The number of carbonyl (C=O) groups is 1. The molecule has 0 fully saturated rings. The van der Waals surface area contributed by atoms with Crippen LogP contribution in [-0.2, 0) is 4.79 Å². The first-order valence-electron chi connectivity index (χ1n) is 3.96. The fourth-order valence-corrected chi connectivity index (χ4v) is 0.982. The minimum Gasteiger partial charge on any atom is -0.408 e. The van der Waals surface area contributed by atoms with Crippen molar-refractivity contribution < 1.29 is 9.53 Å². The molecule has 70 valence electrons. The van der Waals surface area contributed by atoms with Gasteiger partial charge in [-0.1, -0.05) is 0 Å². The van der Waals surface area contributed by atoms with Gasteiger partial charge in [0.25, 0.3) is 0 Å². The number of anilines is 1. The van der Waals surface area contributed by atoms with E-state index in [1.807, 2.05) is 13.0 Å². The minimum atomic E-state index is -0.361. The van der Waals surface area contributed by atoms with E-state index in [-0.39, 0.29) is 5.97 Å². The van der Waals surface area contributed by atoms with Crippen LogP contribution in [0.1, 0.15) is 12.6 Å². The first kappa shape index (κ1) is 9.51. The maximum atomic E-state index is 10.6. The van der Waals surface area contributed by atoms with E-state index in [4.69, 9.17) is 4.74 Å². The average Bonchev–Trinajstić information content (AvgIpc) is 2.01. The number of nitrogens with zero attached hydrogens (tertiary/aromatic N) is 1. The quantitative estimate of drug-likeness (QED) is 0.698. The molecule has 1 heterocycles. The highest BCUT2D eigenvalue weighted by Crippen LogP contribution is 2.15. The molecule has 0 spiro atoms. The Kier molecular flexibility index (Phi) is 2.84. The number of nitrogens with one attached hydrogen (secondary N) is 1. The molecule has 1 aromatic heterocycles. The molecular weight excluding hydrogens is 168 g/mol. The Hall–Kier alpha value is -1.58. The summed E-state index contributed by atoms with van der Waals surface area (Å²) in [5, 5.41) is 2.95. The summed E-state index contributed by atoms with van der Waals surface area (Å²) in [7, 11) is 1.80. The number of carbonyl (C=O) groups excluding carboxylic acids is 1. The number of rotatable bonds is 2. The molecule has 1 N–H and O–H groups in total. The van der Waals surface area contributed by atoms with E-state index in [2.05, 4.69) is 10.3 Å². The minimum absolute atomic E-state index is 0.330. The predicted molar refractivity (Wildman–Crippen MR) is 49.8 cm³/mol. The van der Waals surface area contributed by atoms with Crippen molar-refractivity contribution in [1.29, 1.82) is 0 Å². The van der Waals surface area contributed by atoms with E-state index in [0.717, 1.165) is 11.4 Å². The van der Waals surface area contributed by atoms with Crippen molar-refractivity contribution in [3.8, 4) is 5.88 Å². The van der Waals surface area contributed by atoms with Crippen molar-refractivity contribution in [1.82, 2.24) is 4.98 Å². The van der Waals surface area contributed by atoms with Gasteiger partial charge in [0.15, 0.2) is 0 Å². The second kappa shape index (κ2) is 3.89. The number of ether oxygens (including phenoxy) is 1. The molecule has 0 radical (unpaired) electrons. The summed E-state index contributed by atoms with van der Waals surface area (Å²) in [6, 6.07) is 3.54. The molecule has 0 aliphatic carbocycles. The zero-order valence-electron chi connectivity index (χ0n) is 7.92. The zero-order chi connectivity index (χ0) is 9.84. The fraction of sp³-hybridized carbons (Fsp3) is 0.333. The van der Waals surface area contributed by atoms with Crippen molar-refractivity contribution in [3.63, 3.8) is 0 Å². The van der Waals surface area contributed by atoms with E-state index in [9.17, 15) is 4.79 Å². The lowest BCUT2D eigenvalue weighted by molar-refractivity contribution is -0.132. The Morgan fingerprint density at radius 1 is 1.54 bits per heavy atom. The van der Waals surface area contributed by atoms with Crippen molar-refractivity contribution in [2.24, 2.45) is 0 Å². The number of esters is 1. The van der Waals surface area contributed by atoms with Crippen LogP contribution in [0.25, 0.3) is 0 Å². The molecule has 0 aromatic carbocycles. The molecule has 1 aromatic rings. The molecule has 1 rings (SSSR count). The molecule has 0 saturated heterocycles. The van der Waals surface area contributed by atoms with E-state index < -0.39 is 0 Å². The van der Waals surface area contributed by atoms with Gasteiger partial charge >= 0.3 is 5.97 Å². The zero-order valence-corrected chi connectivity index (χ0v) is 7.92. The van der Waals surface area contributed by atoms with Gasteiger partial charge < -0.3 is 10.1 Å². The highest BCUT2D eigenvalue weighted by Gasteiger charge is 2.02. The molecular formula is C9H12N2O2. The Morgan fingerprint density at radius 2 is 2.23 bits per heavy atom. The van der Waals surface area contributed by atoms with Crippen LogP contribution < -0.4 is 10.1 Å². The topological polar surface area (TPSA) is 51.2 Å². The van der Waals surface area contributed by atoms with Gasteiger partial charge in [0.2, 0.25) is 5.88 Å². The molecule has 0 aliphatic rings. The highest BCUT2D eigenvalue weighted by atomic mass is 16.5. The second-order valence-electron chi connectivity index (χ2n) is 2.68. The summed E-state index contributed by atoms with van der Waals surface area (Å²) in [6.45, 7) is 3.19. The number of pyridine rings is 1. The summed E-state index contributed by atoms with van der Waals surface area (Å²) >= 11 is 0. The fourth-order valence-electron chi connectivity index (χ4n) is 0.982. The number of hydrogen-bond acceptors (Lipinski definition) is 4. The van der Waals surface area contributed by atoms with Crippen LogP contribution in [0.2, 0.25) is 0 Å². The van der Waals surface area contributed by atoms with Gasteiger partial charge in [-0.25, -0.2) is 4.98 Å². The van der Waals surface area contributed by atoms with E-state index in [0.29, 0.717) is 5.88 Å². The van der Waals surface area contributed by atoms with Crippen molar-refractivity contribution in [2.45, 2.75) is 13.8 Å². The summed E-state index contributed by atoms with van der Waals surface area (Å²) in [6.07, 6.45) is 0. The van der Waals surface area contributed by atoms with Crippen LogP contribution in [-0.4, -0.2) is 18.0 Å². The van der Waals surface area contributed by atoms with Crippen LogP contribution in [0.5, 0.6) is 5.88 Å². The van der Waals surface area contributed by atoms with Crippen molar-refractivity contribution in [3.05, 3.63) is 17.8 Å². The summed E-state index contributed by atoms with van der Waals surface area (Å²) in [4.78, 5) is 14.7. The molecule has 0 aliphatic heterocycles. The summed E-state index contributed by atoms with van der Waals surface area (Å²) in [5.41, 5.74) is 1.69. The predicted octanol–water partition coefficient (Wildman–Crippen LogP) is 1.36. The van der Waals surface area contributed by atoms with Gasteiger partial charge in [-0.2, -0.15) is 0 Å². The van der Waals surface area contributed by atoms with Crippen molar-refractivity contribution >= 4 is 11.7 Å². The third kappa shape index (κ3) is 2.74. The molecule has 0 saturated carbocycles. The highest BCUT2D eigenvalue weighted by molar-refractivity contribution is 5.69. The van der Waals surface area contributed by atoms with Crippen LogP contribution in [0, 0.1) is 6.92 Å². The van der Waals surface area contributed by atoms with E-state index >= 15 is 0 Å². The average molecular weight is 180 g/mol. The van der Waals surface area contributed by atoms with E-state index in [1.165, 1.54) is 6.92 Å². The molecule has 0 unspecified atom stereocenters. The van der Waals surface area contributed by atoms with Gasteiger partial charge in [0, 0.05) is 31.4 Å². The third-order valence-electron chi connectivity index (χ3n) is 1.47. The molecule has 4 heteroatoms. The lowest BCUT2D eigenvalue weighted by Gasteiger charge is -2.04. The molecule has 13 heavy (non-hydrogen) atoms. The molecule has 0 atom stereocenters. The monoisotopic (exact) mass is 180 g/mol. The lowest BCUT2D eigenvalue weighted by atomic mass is 10.3. The largest absolute Gasteiger partial charge is 0.408 e. The Balaban J connectivity index is 2.94. The molecule has 0 bridgehead atoms. The Bertz CT molecular complexity index is 323. The van der Waals surface area contributed by atoms with Crippen molar-refractivity contribution in [2.75, 3.05) is 12.4 Å². The third-order valence-corrected chi connectivity index (χ3v) is 1.47. The standard InChI is InChI=1S/C9H12N2O2/c1-6-4-8(10-3)5-9(11-6)13-7(2)12/h4-5H,1-3H3,(H,10,11). The maximum absolute atomic E-state index is 10.6. The van der Waals surface area contributed by atoms with Gasteiger partial charge in [-0.3, -0.25) is 4.79 Å². The Morgan fingerprint density at radius 3 is 2.77 bits per heavy atom.